The number of nitrogens with zero attached hydrogens (tertiary/aromatic N) is 3. The van der Waals surface area contributed by atoms with Crippen LogP contribution in [-0.4, -0.2) is 11.5 Å². The summed E-state index contributed by atoms with van der Waals surface area (Å²) in [5.74, 6) is -2.51. The van der Waals surface area contributed by atoms with Crippen LogP contribution in [0.5, 0.6) is 0 Å². The Kier molecular flexibility index (Phi) is 4.46. The van der Waals surface area contributed by atoms with Crippen LogP contribution in [0.25, 0.3) is 0 Å². The maximum atomic E-state index is 13.8. The highest BCUT2D eigenvalue weighted by Crippen LogP contribution is 2.35. The molecule has 4 N–H and O–H groups in total. The van der Waals surface area contributed by atoms with Gasteiger partial charge in [-0.1, -0.05) is 0 Å². The number of amidine groups is 1. The van der Waals surface area contributed by atoms with Crippen molar-refractivity contribution >= 4 is 17.2 Å². The van der Waals surface area contributed by atoms with Crippen molar-refractivity contribution in [3.05, 3.63) is 29.1 Å². The van der Waals surface area contributed by atoms with Crippen LogP contribution in [0.4, 0.5) is 23.2 Å². The lowest BCUT2D eigenvalue weighted by Gasteiger charge is -2.12. The molecule has 1 aromatic carbocycles. The number of rotatable bonds is 3. The van der Waals surface area contributed by atoms with Gasteiger partial charge in [0.1, 0.15) is 17.8 Å². The van der Waals surface area contributed by atoms with E-state index in [2.05, 4.69) is 5.10 Å². The molecule has 10 heteroatoms. The first-order valence-electron chi connectivity index (χ1n) is 5.10. The van der Waals surface area contributed by atoms with Crippen LogP contribution in [0.3, 0.4) is 0 Å². The summed E-state index contributed by atoms with van der Waals surface area (Å²) in [6.07, 6.45) is -4.96. The molecule has 0 aliphatic heterocycles. The van der Waals surface area contributed by atoms with Gasteiger partial charge in [0.2, 0.25) is 5.71 Å². The average molecular weight is 298 g/mol. The van der Waals surface area contributed by atoms with Crippen LogP contribution < -0.4 is 11.2 Å². The number of hydrogen-bond acceptors (Lipinski definition) is 5. The van der Waals surface area contributed by atoms with E-state index in [4.69, 9.17) is 21.7 Å². The molecule has 0 aliphatic carbocycles. The summed E-state index contributed by atoms with van der Waals surface area (Å²) in [6, 6.07) is 4.03. The van der Waals surface area contributed by atoms with E-state index in [0.717, 1.165) is 6.07 Å². The number of hydrazone groups is 1. The minimum absolute atomic E-state index is 0.416. The van der Waals surface area contributed by atoms with Gasteiger partial charge in [0, 0.05) is 0 Å². The molecular weight excluding hydrogens is 292 g/mol. The van der Waals surface area contributed by atoms with Crippen molar-refractivity contribution in [2.45, 2.75) is 6.18 Å². The molecular formula is C11H6F4N6. The van der Waals surface area contributed by atoms with E-state index in [0.29, 0.717) is 6.07 Å². The lowest BCUT2D eigenvalue weighted by molar-refractivity contribution is -0.139. The number of alkyl halides is 3. The third kappa shape index (κ3) is 3.45. The number of anilines is 1. The predicted molar refractivity (Wildman–Crippen MR) is 64.7 cm³/mol. The normalized spacial score (nSPS) is 11.4. The van der Waals surface area contributed by atoms with Crippen molar-refractivity contribution in [1.82, 2.24) is 0 Å². The van der Waals surface area contributed by atoms with Crippen LogP contribution in [0.15, 0.2) is 17.2 Å². The predicted octanol–water partition coefficient (Wildman–Crippen LogP) is 1.94. The zero-order valence-electron chi connectivity index (χ0n) is 10.1. The van der Waals surface area contributed by atoms with Gasteiger partial charge < -0.3 is 5.73 Å². The van der Waals surface area contributed by atoms with E-state index in [1.165, 1.54) is 12.1 Å². The molecule has 0 saturated carbocycles. The fraction of sp³-hybridized carbons (Fsp3) is 0.0909. The second kappa shape index (κ2) is 5.88. The lowest BCUT2D eigenvalue weighted by atomic mass is 10.1. The molecule has 0 radical (unpaired) electrons. The third-order valence-corrected chi connectivity index (χ3v) is 2.21. The van der Waals surface area contributed by atoms with Crippen molar-refractivity contribution in [2.75, 3.05) is 5.43 Å². The first-order valence-corrected chi connectivity index (χ1v) is 5.10. The van der Waals surface area contributed by atoms with Crippen LogP contribution in [0.2, 0.25) is 0 Å². The first-order chi connectivity index (χ1) is 9.72. The summed E-state index contributed by atoms with van der Waals surface area (Å²) < 4.78 is 51.5. The maximum Gasteiger partial charge on any atom is 0.419 e. The Morgan fingerprint density at radius 2 is 1.95 bits per heavy atom. The first kappa shape index (κ1) is 15.9. The minimum Gasteiger partial charge on any atom is -0.382 e. The average Bonchev–Trinajstić information content (AvgIpc) is 2.38. The molecule has 0 spiro atoms. The highest BCUT2D eigenvalue weighted by atomic mass is 19.4. The molecule has 0 atom stereocenters. The molecule has 1 aromatic rings. The van der Waals surface area contributed by atoms with E-state index < -0.39 is 40.4 Å². The van der Waals surface area contributed by atoms with Crippen molar-refractivity contribution in [3.8, 4) is 12.1 Å². The molecule has 0 aliphatic rings. The van der Waals surface area contributed by atoms with Gasteiger partial charge in [-0.05, 0) is 12.1 Å². The molecule has 0 aromatic heterocycles. The number of nitriles is 2. The molecule has 0 unspecified atom stereocenters. The second-order valence-electron chi connectivity index (χ2n) is 3.56. The largest absolute Gasteiger partial charge is 0.419 e. The summed E-state index contributed by atoms with van der Waals surface area (Å²) in [5.41, 5.74) is 3.21. The Labute approximate surface area is 115 Å². The van der Waals surface area contributed by atoms with Gasteiger partial charge in [-0.2, -0.15) is 28.8 Å². The molecule has 6 nitrogen and oxygen atoms in total. The zero-order chi connectivity index (χ0) is 16.2. The molecule has 0 heterocycles. The number of nitrogens with two attached hydrogens (primary N) is 1. The Balaban J connectivity index is 3.39. The van der Waals surface area contributed by atoms with E-state index in [9.17, 15) is 17.6 Å². The van der Waals surface area contributed by atoms with Crippen molar-refractivity contribution in [3.63, 3.8) is 0 Å². The topological polar surface area (TPSA) is 122 Å². The fourth-order valence-corrected chi connectivity index (χ4v) is 1.25. The van der Waals surface area contributed by atoms with Gasteiger partial charge in [0.25, 0.3) is 0 Å². The number of hydrogen-bond donors (Lipinski definition) is 3. The fourth-order valence-electron chi connectivity index (χ4n) is 1.25. The number of benzene rings is 1. The Bertz CT molecular complexity index is 692. The summed E-state index contributed by atoms with van der Waals surface area (Å²) in [6.45, 7) is 0. The van der Waals surface area contributed by atoms with Crippen LogP contribution >= 0.6 is 0 Å². The second-order valence-corrected chi connectivity index (χ2v) is 3.56. The van der Waals surface area contributed by atoms with E-state index in [1.807, 2.05) is 5.43 Å². The van der Waals surface area contributed by atoms with Gasteiger partial charge in [-0.25, -0.2) is 4.39 Å². The van der Waals surface area contributed by atoms with Crippen molar-refractivity contribution in [1.29, 1.82) is 15.9 Å². The van der Waals surface area contributed by atoms with Gasteiger partial charge >= 0.3 is 6.18 Å². The molecule has 0 saturated heterocycles. The van der Waals surface area contributed by atoms with E-state index in [1.54, 1.807) is 0 Å². The van der Waals surface area contributed by atoms with E-state index in [-0.39, 0.29) is 0 Å². The van der Waals surface area contributed by atoms with Gasteiger partial charge in [0.05, 0.1) is 11.1 Å². The van der Waals surface area contributed by atoms with Gasteiger partial charge in [-0.3, -0.25) is 10.8 Å². The summed E-state index contributed by atoms with van der Waals surface area (Å²) in [4.78, 5) is 0. The van der Waals surface area contributed by atoms with Crippen molar-refractivity contribution in [2.24, 2.45) is 10.8 Å². The van der Waals surface area contributed by atoms with Crippen LogP contribution in [-0.2, 0) is 6.18 Å². The smallest absolute Gasteiger partial charge is 0.382 e. The van der Waals surface area contributed by atoms with Crippen LogP contribution in [0.1, 0.15) is 11.1 Å². The Morgan fingerprint density at radius 3 is 2.38 bits per heavy atom. The lowest BCUT2D eigenvalue weighted by Crippen LogP contribution is -2.22. The SMILES string of the molecule is N#C/C(=N\Nc1c(C#N)ccc(C(F)(F)F)c1F)C(=N)N. The molecule has 0 amide bonds. The maximum absolute atomic E-state index is 13.8. The molecule has 1 rings (SSSR count). The van der Waals surface area contributed by atoms with E-state index >= 15 is 0 Å². The number of nitrogens with one attached hydrogen (secondary N) is 2. The molecule has 0 fully saturated rings. The quantitative estimate of drug-likeness (QED) is 0.341. The Hall–Kier alpha value is -3.14. The highest BCUT2D eigenvalue weighted by molar-refractivity contribution is 6.45. The number of halogens is 4. The molecule has 0 bridgehead atoms. The standard InChI is InChI=1S/C11H6F4N6/c12-8-6(11(13,14)15)2-1-5(3-16)9(8)21-20-7(4-17)10(18)19/h1-2,21H,(H3,18,19)/b20-7+. The molecule has 21 heavy (non-hydrogen) atoms. The summed E-state index contributed by atoms with van der Waals surface area (Å²) in [5, 5.41) is 27.5. The third-order valence-electron chi connectivity index (χ3n) is 2.21. The summed E-state index contributed by atoms with van der Waals surface area (Å²) in [7, 11) is 0. The summed E-state index contributed by atoms with van der Waals surface area (Å²) >= 11 is 0. The molecule has 108 valence electrons. The zero-order valence-corrected chi connectivity index (χ0v) is 10.1. The van der Waals surface area contributed by atoms with Gasteiger partial charge in [0.15, 0.2) is 11.7 Å². The monoisotopic (exact) mass is 298 g/mol. The Morgan fingerprint density at radius 1 is 1.33 bits per heavy atom. The van der Waals surface area contributed by atoms with Crippen LogP contribution in [0, 0.1) is 33.9 Å². The van der Waals surface area contributed by atoms with Crippen molar-refractivity contribution < 1.29 is 17.6 Å². The highest BCUT2D eigenvalue weighted by Gasteiger charge is 2.35. The van der Waals surface area contributed by atoms with Gasteiger partial charge in [-0.15, -0.1) is 0 Å². The minimum atomic E-state index is -4.96.